The maximum absolute atomic E-state index is 13.6. The number of amides is 1. The van der Waals surface area contributed by atoms with Crippen LogP contribution in [-0.2, 0) is 6.54 Å². The number of likely N-dealkylation sites (tertiary alicyclic amines) is 1. The van der Waals surface area contributed by atoms with Crippen LogP contribution < -0.4 is 5.32 Å². The van der Waals surface area contributed by atoms with Gasteiger partial charge < -0.3 is 0 Å². The fourth-order valence-corrected chi connectivity index (χ4v) is 3.26. The topological polar surface area (TPSA) is 58.1 Å². The van der Waals surface area contributed by atoms with Gasteiger partial charge in [-0.15, -0.1) is 10.2 Å². The average Bonchev–Trinajstić information content (AvgIpc) is 2.95. The van der Waals surface area contributed by atoms with Crippen LogP contribution in [0, 0.1) is 5.82 Å². The summed E-state index contributed by atoms with van der Waals surface area (Å²) in [6, 6.07) is 5.88. The SMILES string of the molecule is O=C(Nc1nnc(CN2CCCCC2)s1)c1ccccc1F. The molecule has 0 bridgehead atoms. The van der Waals surface area contributed by atoms with Crippen molar-refractivity contribution in [3.05, 3.63) is 40.7 Å². The Hall–Kier alpha value is -1.86. The molecular weight excluding hydrogens is 303 g/mol. The first-order chi connectivity index (χ1) is 10.7. The Morgan fingerprint density at radius 2 is 2.00 bits per heavy atom. The standard InChI is InChI=1S/C15H17FN4OS/c16-12-7-3-2-6-11(12)14(21)17-15-19-18-13(22-15)10-20-8-4-1-5-9-20/h2-3,6-7H,1,4-5,8-10H2,(H,17,19,21). The largest absolute Gasteiger partial charge is 0.297 e. The molecule has 1 aliphatic rings. The number of aromatic nitrogens is 2. The number of benzene rings is 1. The van der Waals surface area contributed by atoms with E-state index in [0.29, 0.717) is 5.13 Å². The zero-order chi connectivity index (χ0) is 15.4. The lowest BCUT2D eigenvalue weighted by Crippen LogP contribution is -2.28. The Balaban J connectivity index is 1.61. The highest BCUT2D eigenvalue weighted by molar-refractivity contribution is 7.15. The molecule has 7 heteroatoms. The van der Waals surface area contributed by atoms with Crippen molar-refractivity contribution < 1.29 is 9.18 Å². The molecule has 3 rings (SSSR count). The van der Waals surface area contributed by atoms with E-state index in [9.17, 15) is 9.18 Å². The number of rotatable bonds is 4. The molecule has 2 heterocycles. The third-order valence-electron chi connectivity index (χ3n) is 3.61. The highest BCUT2D eigenvalue weighted by Crippen LogP contribution is 2.20. The van der Waals surface area contributed by atoms with E-state index in [4.69, 9.17) is 0 Å². The van der Waals surface area contributed by atoms with Crippen LogP contribution in [0.15, 0.2) is 24.3 Å². The lowest BCUT2D eigenvalue weighted by atomic mass is 10.1. The van der Waals surface area contributed by atoms with Gasteiger partial charge in [0.25, 0.3) is 5.91 Å². The summed E-state index contributed by atoms with van der Waals surface area (Å²) >= 11 is 1.34. The third kappa shape index (κ3) is 3.66. The molecule has 0 unspecified atom stereocenters. The quantitative estimate of drug-likeness (QED) is 0.941. The minimum absolute atomic E-state index is 0.00952. The first-order valence-corrected chi connectivity index (χ1v) is 8.14. The Morgan fingerprint density at radius 3 is 2.77 bits per heavy atom. The number of hydrogen-bond donors (Lipinski definition) is 1. The van der Waals surface area contributed by atoms with Gasteiger partial charge in [0.05, 0.1) is 12.1 Å². The van der Waals surface area contributed by atoms with Crippen molar-refractivity contribution in [1.29, 1.82) is 0 Å². The molecular formula is C15H17FN4OS. The van der Waals surface area contributed by atoms with Crippen molar-refractivity contribution in [2.24, 2.45) is 0 Å². The normalized spacial score (nSPS) is 15.7. The van der Waals surface area contributed by atoms with Crippen molar-refractivity contribution in [2.45, 2.75) is 25.8 Å². The summed E-state index contributed by atoms with van der Waals surface area (Å²) in [5, 5.41) is 11.9. The second-order valence-electron chi connectivity index (χ2n) is 5.27. The fraction of sp³-hybridized carbons (Fsp3) is 0.400. The van der Waals surface area contributed by atoms with Crippen LogP contribution in [0.3, 0.4) is 0 Å². The number of nitrogens with zero attached hydrogens (tertiary/aromatic N) is 3. The average molecular weight is 320 g/mol. The number of carbonyl (C=O) groups is 1. The van der Waals surface area contributed by atoms with E-state index in [1.165, 1.54) is 42.7 Å². The number of anilines is 1. The number of piperidine rings is 1. The van der Waals surface area contributed by atoms with Crippen molar-refractivity contribution in [3.8, 4) is 0 Å². The van der Waals surface area contributed by atoms with Crippen LogP contribution >= 0.6 is 11.3 Å². The molecule has 0 aliphatic carbocycles. The number of carbonyl (C=O) groups excluding carboxylic acids is 1. The molecule has 116 valence electrons. The number of hydrogen-bond acceptors (Lipinski definition) is 5. The van der Waals surface area contributed by atoms with E-state index in [1.54, 1.807) is 12.1 Å². The lowest BCUT2D eigenvalue weighted by Gasteiger charge is -2.24. The molecule has 0 spiro atoms. The molecule has 1 amide bonds. The summed E-state index contributed by atoms with van der Waals surface area (Å²) in [5.41, 5.74) is 0.00952. The second kappa shape index (κ2) is 6.93. The second-order valence-corrected chi connectivity index (χ2v) is 6.33. The minimum Gasteiger partial charge on any atom is -0.297 e. The summed E-state index contributed by atoms with van der Waals surface area (Å²) in [6.45, 7) is 2.92. The van der Waals surface area contributed by atoms with Crippen molar-refractivity contribution in [3.63, 3.8) is 0 Å². The predicted molar refractivity (Wildman–Crippen MR) is 83.4 cm³/mol. The molecule has 1 aliphatic heterocycles. The molecule has 22 heavy (non-hydrogen) atoms. The van der Waals surface area contributed by atoms with Crippen molar-refractivity contribution in [1.82, 2.24) is 15.1 Å². The summed E-state index contributed by atoms with van der Waals surface area (Å²) in [6.07, 6.45) is 3.72. The van der Waals surface area contributed by atoms with Gasteiger partial charge in [-0.2, -0.15) is 0 Å². The molecule has 1 aromatic heterocycles. The monoisotopic (exact) mass is 320 g/mol. The zero-order valence-corrected chi connectivity index (χ0v) is 12.9. The molecule has 0 radical (unpaired) electrons. The van der Waals surface area contributed by atoms with Gasteiger partial charge in [-0.05, 0) is 38.1 Å². The van der Waals surface area contributed by atoms with Crippen LogP contribution in [0.1, 0.15) is 34.6 Å². The van der Waals surface area contributed by atoms with Crippen LogP contribution in [0.25, 0.3) is 0 Å². The van der Waals surface area contributed by atoms with E-state index in [0.717, 1.165) is 24.6 Å². The highest BCUT2D eigenvalue weighted by atomic mass is 32.1. The van der Waals surface area contributed by atoms with Gasteiger partial charge in [-0.3, -0.25) is 15.0 Å². The van der Waals surface area contributed by atoms with Gasteiger partial charge >= 0.3 is 0 Å². The molecule has 5 nitrogen and oxygen atoms in total. The van der Waals surface area contributed by atoms with Gasteiger partial charge in [-0.25, -0.2) is 4.39 Å². The summed E-state index contributed by atoms with van der Waals surface area (Å²) in [5.74, 6) is -1.04. The van der Waals surface area contributed by atoms with Gasteiger partial charge in [0.15, 0.2) is 0 Å². The molecule has 1 aromatic carbocycles. The van der Waals surface area contributed by atoms with Gasteiger partial charge in [0, 0.05) is 0 Å². The first kappa shape index (κ1) is 15.1. The Labute approximate surface area is 132 Å². The van der Waals surface area contributed by atoms with Crippen LogP contribution in [0.5, 0.6) is 0 Å². The predicted octanol–water partition coefficient (Wildman–Crippen LogP) is 2.92. The van der Waals surface area contributed by atoms with Crippen LogP contribution in [0.4, 0.5) is 9.52 Å². The van der Waals surface area contributed by atoms with Crippen molar-refractivity contribution >= 4 is 22.4 Å². The lowest BCUT2D eigenvalue weighted by molar-refractivity contribution is 0.102. The smallest absolute Gasteiger partial charge is 0.260 e. The summed E-state index contributed by atoms with van der Waals surface area (Å²) in [4.78, 5) is 14.4. The number of halogens is 1. The summed E-state index contributed by atoms with van der Waals surface area (Å²) in [7, 11) is 0. The van der Waals surface area contributed by atoms with Crippen LogP contribution in [-0.4, -0.2) is 34.1 Å². The van der Waals surface area contributed by atoms with E-state index >= 15 is 0 Å². The minimum atomic E-state index is -0.543. The highest BCUT2D eigenvalue weighted by Gasteiger charge is 2.16. The maximum atomic E-state index is 13.6. The summed E-state index contributed by atoms with van der Waals surface area (Å²) < 4.78 is 13.6. The Bertz CT molecular complexity index is 654. The molecule has 0 saturated carbocycles. The van der Waals surface area contributed by atoms with E-state index < -0.39 is 11.7 Å². The number of nitrogens with one attached hydrogen (secondary N) is 1. The Kier molecular flexibility index (Phi) is 4.74. The van der Waals surface area contributed by atoms with Gasteiger partial charge in [0.2, 0.25) is 5.13 Å². The first-order valence-electron chi connectivity index (χ1n) is 7.33. The Morgan fingerprint density at radius 1 is 1.23 bits per heavy atom. The third-order valence-corrected chi connectivity index (χ3v) is 4.44. The van der Waals surface area contributed by atoms with Crippen molar-refractivity contribution in [2.75, 3.05) is 18.4 Å². The molecule has 1 fully saturated rings. The van der Waals surface area contributed by atoms with Crippen LogP contribution in [0.2, 0.25) is 0 Å². The molecule has 2 aromatic rings. The maximum Gasteiger partial charge on any atom is 0.260 e. The van der Waals surface area contributed by atoms with E-state index in [2.05, 4.69) is 20.4 Å². The fourth-order valence-electron chi connectivity index (χ4n) is 2.49. The molecule has 1 N–H and O–H groups in total. The molecule has 0 atom stereocenters. The molecule has 1 saturated heterocycles. The van der Waals surface area contributed by atoms with E-state index in [-0.39, 0.29) is 5.56 Å². The van der Waals surface area contributed by atoms with Gasteiger partial charge in [0.1, 0.15) is 10.8 Å². The van der Waals surface area contributed by atoms with E-state index in [1.807, 2.05) is 0 Å². The zero-order valence-electron chi connectivity index (χ0n) is 12.1. The van der Waals surface area contributed by atoms with Gasteiger partial charge in [-0.1, -0.05) is 29.9 Å².